The van der Waals surface area contributed by atoms with E-state index < -0.39 is 0 Å². The summed E-state index contributed by atoms with van der Waals surface area (Å²) in [6.45, 7) is 9.98. The van der Waals surface area contributed by atoms with Crippen LogP contribution < -0.4 is 0 Å². The van der Waals surface area contributed by atoms with Crippen molar-refractivity contribution in [1.82, 2.24) is 4.57 Å². The Bertz CT molecular complexity index is 688. The summed E-state index contributed by atoms with van der Waals surface area (Å²) in [5.74, 6) is 0.653. The molecule has 1 aromatic heterocycles. The summed E-state index contributed by atoms with van der Waals surface area (Å²) in [5, 5.41) is 2.75. The van der Waals surface area contributed by atoms with Crippen LogP contribution in [0.3, 0.4) is 0 Å². The number of nitrogens with zero attached hydrogens (tertiary/aromatic N) is 1. The highest BCUT2D eigenvalue weighted by molar-refractivity contribution is 6.08. The van der Waals surface area contributed by atoms with Gasteiger partial charge in [0.2, 0.25) is 0 Å². The topological polar surface area (TPSA) is 4.93 Å². The Morgan fingerprint density at radius 3 is 1.74 bits per heavy atom. The number of aromatic nitrogens is 1. The molecule has 2 aromatic carbocycles. The predicted molar refractivity (Wildman–Crippen MR) is 83.8 cm³/mol. The summed E-state index contributed by atoms with van der Waals surface area (Å²) < 4.78 is 2.48. The molecule has 1 nitrogen and oxygen atoms in total. The third kappa shape index (κ3) is 2.03. The first-order valence-electron chi connectivity index (χ1n) is 7.05. The molecule has 3 aromatic rings. The molecule has 0 aliphatic rings. The van der Waals surface area contributed by atoms with Crippen LogP contribution in [0.4, 0.5) is 0 Å². The Morgan fingerprint density at radius 2 is 1.32 bits per heavy atom. The van der Waals surface area contributed by atoms with Crippen LogP contribution in [-0.4, -0.2) is 4.57 Å². The SMILES string of the molecule is Cc1ccc2c3ccc(C)cc3n(CC(C)C)c2c1. The first-order valence-corrected chi connectivity index (χ1v) is 7.05. The average molecular weight is 251 g/mol. The zero-order valence-electron chi connectivity index (χ0n) is 12.2. The van der Waals surface area contributed by atoms with Crippen molar-refractivity contribution < 1.29 is 0 Å². The van der Waals surface area contributed by atoms with E-state index in [-0.39, 0.29) is 0 Å². The lowest BCUT2D eigenvalue weighted by atomic mass is 10.1. The van der Waals surface area contributed by atoms with Crippen molar-refractivity contribution in [1.29, 1.82) is 0 Å². The summed E-state index contributed by atoms with van der Waals surface area (Å²) in [4.78, 5) is 0. The molecule has 0 amide bonds. The second-order valence-corrected chi connectivity index (χ2v) is 6.05. The second kappa shape index (κ2) is 4.41. The maximum atomic E-state index is 2.48. The number of fused-ring (bicyclic) bond motifs is 3. The van der Waals surface area contributed by atoms with Gasteiger partial charge in [-0.25, -0.2) is 0 Å². The van der Waals surface area contributed by atoms with E-state index in [1.54, 1.807) is 0 Å². The van der Waals surface area contributed by atoms with E-state index >= 15 is 0 Å². The zero-order valence-corrected chi connectivity index (χ0v) is 12.2. The molecule has 1 heteroatoms. The third-order valence-corrected chi connectivity index (χ3v) is 3.73. The van der Waals surface area contributed by atoms with Crippen molar-refractivity contribution in [2.45, 2.75) is 34.2 Å². The molecule has 1 heterocycles. The van der Waals surface area contributed by atoms with E-state index in [2.05, 4.69) is 68.7 Å². The minimum atomic E-state index is 0.653. The van der Waals surface area contributed by atoms with Gasteiger partial charge < -0.3 is 4.57 Å². The van der Waals surface area contributed by atoms with Crippen molar-refractivity contribution in [3.63, 3.8) is 0 Å². The molecule has 0 aliphatic heterocycles. The van der Waals surface area contributed by atoms with Gasteiger partial charge in [0, 0.05) is 28.4 Å². The average Bonchev–Trinajstić information content (AvgIpc) is 2.62. The molecule has 0 bridgehead atoms. The lowest BCUT2D eigenvalue weighted by Gasteiger charge is -2.10. The maximum Gasteiger partial charge on any atom is 0.0494 e. The molecule has 0 saturated carbocycles. The molecule has 19 heavy (non-hydrogen) atoms. The van der Waals surface area contributed by atoms with Crippen LogP contribution in [0.5, 0.6) is 0 Å². The quantitative estimate of drug-likeness (QED) is 0.599. The fourth-order valence-corrected chi connectivity index (χ4v) is 2.88. The van der Waals surface area contributed by atoms with Gasteiger partial charge in [0.15, 0.2) is 0 Å². The van der Waals surface area contributed by atoms with Crippen molar-refractivity contribution in [3.8, 4) is 0 Å². The van der Waals surface area contributed by atoms with E-state index in [1.165, 1.54) is 32.9 Å². The fourth-order valence-electron chi connectivity index (χ4n) is 2.88. The molecule has 3 rings (SSSR count). The normalized spacial score (nSPS) is 11.8. The number of benzene rings is 2. The fraction of sp³-hybridized carbons (Fsp3) is 0.333. The predicted octanol–water partition coefficient (Wildman–Crippen LogP) is 5.07. The number of hydrogen-bond donors (Lipinski definition) is 0. The van der Waals surface area contributed by atoms with Gasteiger partial charge in [-0.05, 0) is 43.0 Å². The van der Waals surface area contributed by atoms with Crippen LogP contribution in [0.25, 0.3) is 21.8 Å². The Balaban J connectivity index is 2.43. The smallest absolute Gasteiger partial charge is 0.0494 e. The lowest BCUT2D eigenvalue weighted by molar-refractivity contribution is 0.545. The summed E-state index contributed by atoms with van der Waals surface area (Å²) in [6.07, 6.45) is 0. The number of aryl methyl sites for hydroxylation is 2. The monoisotopic (exact) mass is 251 g/mol. The van der Waals surface area contributed by atoms with Crippen molar-refractivity contribution >= 4 is 21.8 Å². The van der Waals surface area contributed by atoms with Crippen molar-refractivity contribution in [3.05, 3.63) is 47.5 Å². The number of rotatable bonds is 2. The third-order valence-electron chi connectivity index (χ3n) is 3.73. The lowest BCUT2D eigenvalue weighted by Crippen LogP contribution is -2.03. The first kappa shape index (κ1) is 12.3. The van der Waals surface area contributed by atoms with Crippen molar-refractivity contribution in [2.75, 3.05) is 0 Å². The molecule has 0 radical (unpaired) electrons. The van der Waals surface area contributed by atoms with E-state index in [1.807, 2.05) is 0 Å². The zero-order chi connectivity index (χ0) is 13.6. The van der Waals surface area contributed by atoms with E-state index in [9.17, 15) is 0 Å². The van der Waals surface area contributed by atoms with Gasteiger partial charge >= 0.3 is 0 Å². The summed E-state index contributed by atoms with van der Waals surface area (Å²) >= 11 is 0. The van der Waals surface area contributed by atoms with Crippen molar-refractivity contribution in [2.24, 2.45) is 5.92 Å². The standard InChI is InChI=1S/C18H21N/c1-12(2)11-19-17-9-13(3)5-7-15(17)16-8-6-14(4)10-18(16)19/h5-10,12H,11H2,1-4H3. The van der Waals surface area contributed by atoms with Crippen LogP contribution in [0.2, 0.25) is 0 Å². The molecule has 0 aliphatic carbocycles. The van der Waals surface area contributed by atoms with Gasteiger partial charge in [0.05, 0.1) is 0 Å². The Hall–Kier alpha value is -1.76. The highest BCUT2D eigenvalue weighted by Gasteiger charge is 2.11. The molecule has 98 valence electrons. The van der Waals surface area contributed by atoms with E-state index in [0.29, 0.717) is 5.92 Å². The maximum absolute atomic E-state index is 2.48. The molecule has 0 N–H and O–H groups in total. The molecular formula is C18H21N. The Labute approximate surface area is 114 Å². The summed E-state index contributed by atoms with van der Waals surface area (Å²) in [7, 11) is 0. The van der Waals surface area contributed by atoms with Gasteiger partial charge in [0.1, 0.15) is 0 Å². The van der Waals surface area contributed by atoms with Crippen LogP contribution in [0, 0.1) is 19.8 Å². The summed E-state index contributed by atoms with van der Waals surface area (Å²) in [6, 6.07) is 13.6. The van der Waals surface area contributed by atoms with Gasteiger partial charge in [0.25, 0.3) is 0 Å². The van der Waals surface area contributed by atoms with Gasteiger partial charge in [-0.15, -0.1) is 0 Å². The van der Waals surface area contributed by atoms with Crippen LogP contribution >= 0.6 is 0 Å². The number of hydrogen-bond acceptors (Lipinski definition) is 0. The Morgan fingerprint density at radius 1 is 0.842 bits per heavy atom. The molecule has 0 spiro atoms. The Kier molecular flexibility index (Phi) is 2.85. The second-order valence-electron chi connectivity index (χ2n) is 6.05. The minimum Gasteiger partial charge on any atom is -0.340 e. The molecule has 0 fully saturated rings. The van der Waals surface area contributed by atoms with Gasteiger partial charge in [-0.1, -0.05) is 38.1 Å². The van der Waals surface area contributed by atoms with Crippen LogP contribution in [0.1, 0.15) is 25.0 Å². The van der Waals surface area contributed by atoms with Gasteiger partial charge in [-0.2, -0.15) is 0 Å². The largest absolute Gasteiger partial charge is 0.340 e. The summed E-state index contributed by atoms with van der Waals surface area (Å²) in [5.41, 5.74) is 5.40. The van der Waals surface area contributed by atoms with Crippen LogP contribution in [-0.2, 0) is 6.54 Å². The molecular weight excluding hydrogens is 230 g/mol. The van der Waals surface area contributed by atoms with Gasteiger partial charge in [-0.3, -0.25) is 0 Å². The molecule has 0 atom stereocenters. The van der Waals surface area contributed by atoms with E-state index in [0.717, 1.165) is 6.54 Å². The van der Waals surface area contributed by atoms with Crippen LogP contribution in [0.15, 0.2) is 36.4 Å². The molecule has 0 saturated heterocycles. The highest BCUT2D eigenvalue weighted by Crippen LogP contribution is 2.31. The minimum absolute atomic E-state index is 0.653. The highest BCUT2D eigenvalue weighted by atomic mass is 15.0. The first-order chi connectivity index (χ1) is 9.06. The molecule has 0 unspecified atom stereocenters. The van der Waals surface area contributed by atoms with E-state index in [4.69, 9.17) is 0 Å².